The number of ether oxygens (including phenoxy) is 1. The van der Waals surface area contributed by atoms with Crippen LogP contribution in [0.1, 0.15) is 12.2 Å². The summed E-state index contributed by atoms with van der Waals surface area (Å²) >= 11 is -4.15. The number of benzene rings is 1. The van der Waals surface area contributed by atoms with Crippen LogP contribution in [0.15, 0.2) is 34.1 Å². The Balaban J connectivity index is 2.04. The van der Waals surface area contributed by atoms with Crippen molar-refractivity contribution in [3.63, 3.8) is 0 Å². The molecule has 2 aromatic rings. The number of anilines is 1. The maximum absolute atomic E-state index is 12.7. The van der Waals surface area contributed by atoms with Gasteiger partial charge in [-0.05, 0) is 12.1 Å². The second kappa shape index (κ2) is 10.1. The van der Waals surface area contributed by atoms with E-state index < -0.39 is 52.4 Å². The number of hydrogen-bond acceptors (Lipinski definition) is 9. The molecule has 0 aliphatic heterocycles. The van der Waals surface area contributed by atoms with Gasteiger partial charge in [0.25, 0.3) is 6.43 Å². The third-order valence-corrected chi connectivity index (χ3v) is 4.90. The fourth-order valence-electron chi connectivity index (χ4n) is 1.68. The number of nitrogens with one attached hydrogen (secondary N) is 2. The Morgan fingerprint density at radius 1 is 1.07 bits per heavy atom. The molecule has 1 aromatic heterocycles. The minimum Gasteiger partial charge on any atom is -0.467 e. The van der Waals surface area contributed by atoms with Gasteiger partial charge in [-0.25, -0.2) is 27.5 Å². The highest BCUT2D eigenvalue weighted by atomic mass is 32.2. The molecule has 2 atom stereocenters. The summed E-state index contributed by atoms with van der Waals surface area (Å²) in [5.74, 6) is -1.46. The summed E-state index contributed by atoms with van der Waals surface area (Å²) in [7, 11) is 2.33. The van der Waals surface area contributed by atoms with E-state index >= 15 is 0 Å². The molecule has 28 heavy (non-hydrogen) atoms. The molecule has 1 aromatic carbocycles. The molecule has 2 rings (SSSR count). The van der Waals surface area contributed by atoms with Gasteiger partial charge in [0.15, 0.2) is 11.1 Å². The number of methoxy groups -OCH3 is 1. The molecule has 0 bridgehead atoms. The summed E-state index contributed by atoms with van der Waals surface area (Å²) < 4.78 is 63.4. The summed E-state index contributed by atoms with van der Waals surface area (Å²) in [6.07, 6.45) is -3.03. The van der Waals surface area contributed by atoms with E-state index in [0.717, 1.165) is 7.11 Å². The summed E-state index contributed by atoms with van der Waals surface area (Å²) in [4.78, 5) is 22.1. The Bertz CT molecular complexity index is 903. The Labute approximate surface area is 162 Å². The molecule has 1 heterocycles. The lowest BCUT2D eigenvalue weighted by molar-refractivity contribution is 0.138. The second-order valence-corrected chi connectivity index (χ2v) is 6.85. The molecule has 2 N–H and O–H groups in total. The predicted molar refractivity (Wildman–Crippen MR) is 90.8 cm³/mol. The number of hydroxylamine groups is 1. The van der Waals surface area contributed by atoms with Crippen molar-refractivity contribution in [1.29, 1.82) is 0 Å². The lowest BCUT2D eigenvalue weighted by atomic mass is 10.4. The topological polar surface area (TPSA) is 142 Å². The summed E-state index contributed by atoms with van der Waals surface area (Å²) in [6, 6.07) is 4.25. The van der Waals surface area contributed by atoms with Crippen molar-refractivity contribution in [3.05, 3.63) is 30.1 Å². The van der Waals surface area contributed by atoms with E-state index in [1.165, 1.54) is 25.3 Å². The van der Waals surface area contributed by atoms with Crippen molar-refractivity contribution < 1.29 is 35.2 Å². The number of carbonyl (C=O) groups is 1. The summed E-state index contributed by atoms with van der Waals surface area (Å²) in [5.41, 5.74) is 1.78. The molecule has 0 fully saturated rings. The van der Waals surface area contributed by atoms with E-state index in [4.69, 9.17) is 4.28 Å². The van der Waals surface area contributed by atoms with Crippen LogP contribution in [0.2, 0.25) is 0 Å². The standard InChI is InChI=1S/C13H13F2N5O6S2/c1-24-13-17-10(9(14)15)16-11(19-13)18-12(21)20-26-28(23)8-6-4-3-5-7(8)27(22)25-2/h3-6,9H,1-2H3,(H2,16,17,18,19,20,21). The third-order valence-electron chi connectivity index (χ3n) is 2.80. The van der Waals surface area contributed by atoms with Crippen LogP contribution in [0, 0.1) is 0 Å². The van der Waals surface area contributed by atoms with Crippen molar-refractivity contribution in [2.24, 2.45) is 0 Å². The lowest BCUT2D eigenvalue weighted by Crippen LogP contribution is -2.30. The van der Waals surface area contributed by atoms with Gasteiger partial charge >= 0.3 is 12.0 Å². The van der Waals surface area contributed by atoms with Crippen LogP contribution >= 0.6 is 0 Å². The van der Waals surface area contributed by atoms with Crippen LogP contribution < -0.4 is 15.5 Å². The number of nitrogens with zero attached hydrogens (tertiary/aromatic N) is 3. The number of rotatable bonds is 8. The molecular formula is C13H13F2N5O6S2. The first-order valence-corrected chi connectivity index (χ1v) is 9.30. The van der Waals surface area contributed by atoms with Gasteiger partial charge in [-0.2, -0.15) is 19.2 Å². The van der Waals surface area contributed by atoms with Gasteiger partial charge in [-0.3, -0.25) is 9.50 Å². The van der Waals surface area contributed by atoms with Crippen LogP contribution in [0.4, 0.5) is 19.5 Å². The minimum absolute atomic E-state index is 0.00944. The number of aromatic nitrogens is 3. The molecule has 0 saturated carbocycles. The van der Waals surface area contributed by atoms with E-state index in [2.05, 4.69) is 23.9 Å². The van der Waals surface area contributed by atoms with Crippen molar-refractivity contribution in [1.82, 2.24) is 20.4 Å². The number of halogens is 2. The van der Waals surface area contributed by atoms with Gasteiger partial charge in [0.2, 0.25) is 22.9 Å². The zero-order valence-electron chi connectivity index (χ0n) is 14.3. The fraction of sp³-hybridized carbons (Fsp3) is 0.231. The zero-order valence-corrected chi connectivity index (χ0v) is 15.9. The maximum Gasteiger partial charge on any atom is 0.346 e. The van der Waals surface area contributed by atoms with E-state index in [9.17, 15) is 22.0 Å². The highest BCUT2D eigenvalue weighted by molar-refractivity contribution is 7.83. The molecule has 0 spiro atoms. The van der Waals surface area contributed by atoms with Gasteiger partial charge in [0.1, 0.15) is 0 Å². The molecule has 152 valence electrons. The average molecular weight is 437 g/mol. The second-order valence-electron chi connectivity index (χ2n) is 4.53. The van der Waals surface area contributed by atoms with E-state index in [-0.39, 0.29) is 9.79 Å². The average Bonchev–Trinajstić information content (AvgIpc) is 2.70. The fourth-order valence-corrected chi connectivity index (χ4v) is 3.35. The largest absolute Gasteiger partial charge is 0.467 e. The first-order valence-electron chi connectivity index (χ1n) is 7.15. The normalized spacial score (nSPS) is 13.0. The van der Waals surface area contributed by atoms with Gasteiger partial charge in [0, 0.05) is 0 Å². The molecule has 0 saturated heterocycles. The number of alkyl halides is 2. The van der Waals surface area contributed by atoms with Crippen LogP contribution in [0.5, 0.6) is 6.01 Å². The Hall–Kier alpha value is -2.62. The van der Waals surface area contributed by atoms with Crippen molar-refractivity contribution in [2.75, 3.05) is 19.5 Å². The smallest absolute Gasteiger partial charge is 0.346 e. The molecule has 11 nitrogen and oxygen atoms in total. The van der Waals surface area contributed by atoms with E-state index in [1.54, 1.807) is 11.5 Å². The number of amides is 2. The predicted octanol–water partition coefficient (Wildman–Crippen LogP) is 1.26. The molecule has 0 radical (unpaired) electrons. The first kappa shape index (κ1) is 21.7. The molecule has 0 aliphatic carbocycles. The molecular weight excluding hydrogens is 424 g/mol. The third kappa shape index (κ3) is 5.69. The summed E-state index contributed by atoms with van der Waals surface area (Å²) in [5, 5.41) is 2.00. The van der Waals surface area contributed by atoms with E-state index in [0.29, 0.717) is 0 Å². The van der Waals surface area contributed by atoms with E-state index in [1.807, 2.05) is 5.32 Å². The molecule has 2 unspecified atom stereocenters. The monoisotopic (exact) mass is 437 g/mol. The number of hydrogen-bond donors (Lipinski definition) is 2. The quantitative estimate of drug-likeness (QED) is 0.584. The highest BCUT2D eigenvalue weighted by Crippen LogP contribution is 2.19. The molecule has 15 heteroatoms. The van der Waals surface area contributed by atoms with Crippen LogP contribution in [0.25, 0.3) is 0 Å². The SMILES string of the molecule is COc1nc(NC(=O)NOS(=O)c2ccccc2S(=O)OC)nc(C(F)F)n1. The lowest BCUT2D eigenvalue weighted by Gasteiger charge is -2.09. The van der Waals surface area contributed by atoms with Crippen molar-refractivity contribution >= 4 is 34.1 Å². The maximum atomic E-state index is 12.7. The highest BCUT2D eigenvalue weighted by Gasteiger charge is 2.19. The molecule has 0 aliphatic rings. The minimum atomic E-state index is -3.03. The van der Waals surface area contributed by atoms with Crippen LogP contribution in [-0.4, -0.2) is 43.6 Å². The van der Waals surface area contributed by atoms with Gasteiger partial charge in [-0.15, -0.1) is 0 Å². The van der Waals surface area contributed by atoms with Crippen molar-refractivity contribution in [3.8, 4) is 6.01 Å². The Kier molecular flexibility index (Phi) is 7.80. The van der Waals surface area contributed by atoms with Gasteiger partial charge in [-0.1, -0.05) is 12.1 Å². The van der Waals surface area contributed by atoms with Crippen LogP contribution in [-0.2, 0) is 30.6 Å². The van der Waals surface area contributed by atoms with Crippen molar-refractivity contribution in [2.45, 2.75) is 16.2 Å². The summed E-state index contributed by atoms with van der Waals surface area (Å²) in [6.45, 7) is 0. The number of carbonyl (C=O) groups excluding carboxylic acids is 1. The first-order chi connectivity index (χ1) is 13.3. The zero-order chi connectivity index (χ0) is 20.7. The van der Waals surface area contributed by atoms with Crippen LogP contribution in [0.3, 0.4) is 0 Å². The van der Waals surface area contributed by atoms with Gasteiger partial charge < -0.3 is 4.74 Å². The Morgan fingerprint density at radius 3 is 2.29 bits per heavy atom. The van der Waals surface area contributed by atoms with Gasteiger partial charge in [0.05, 0.1) is 24.0 Å². The number of urea groups is 1. The Morgan fingerprint density at radius 2 is 1.71 bits per heavy atom. The molecule has 2 amide bonds.